The molecule has 116 valence electrons. The number of amides is 1. The molecule has 21 heavy (non-hydrogen) atoms. The maximum absolute atomic E-state index is 13.4. The summed E-state index contributed by atoms with van der Waals surface area (Å²) in [7, 11) is -2.62. The van der Waals surface area contributed by atoms with Crippen molar-refractivity contribution >= 4 is 15.9 Å². The van der Waals surface area contributed by atoms with E-state index < -0.39 is 27.7 Å². The number of benzene rings is 1. The van der Waals surface area contributed by atoms with E-state index in [0.29, 0.717) is 12.8 Å². The average molecular weight is 316 g/mol. The maximum Gasteiger partial charge on any atom is 0.246 e. The maximum atomic E-state index is 13.4. The van der Waals surface area contributed by atoms with E-state index in [-0.39, 0.29) is 23.7 Å². The molecule has 1 aliphatic rings. The van der Waals surface area contributed by atoms with Crippen molar-refractivity contribution in [1.29, 1.82) is 0 Å². The molecule has 2 N–H and O–H groups in total. The van der Waals surface area contributed by atoms with Crippen molar-refractivity contribution in [3.63, 3.8) is 0 Å². The minimum absolute atomic E-state index is 0.0112. The lowest BCUT2D eigenvalue weighted by molar-refractivity contribution is -0.122. The van der Waals surface area contributed by atoms with Gasteiger partial charge < -0.3 is 10.5 Å². The van der Waals surface area contributed by atoms with Crippen LogP contribution in [0.5, 0.6) is 5.75 Å². The van der Waals surface area contributed by atoms with Crippen LogP contribution in [0.25, 0.3) is 0 Å². The fourth-order valence-corrected chi connectivity index (χ4v) is 4.08. The predicted octanol–water partition coefficient (Wildman–Crippen LogP) is 0.720. The van der Waals surface area contributed by atoms with Crippen LogP contribution in [0.3, 0.4) is 0 Å². The third-order valence-corrected chi connectivity index (χ3v) is 5.42. The average Bonchev–Trinajstić information content (AvgIpc) is 2.47. The summed E-state index contributed by atoms with van der Waals surface area (Å²) in [5.74, 6) is -1.65. The van der Waals surface area contributed by atoms with E-state index in [1.807, 2.05) is 0 Å². The Hall–Kier alpha value is -1.67. The SMILES string of the molecule is COc1ccc(F)cc1S(=O)(=O)N1CCCC(C(N)=O)C1. The first kappa shape index (κ1) is 15.7. The minimum Gasteiger partial charge on any atom is -0.495 e. The fraction of sp³-hybridized carbons (Fsp3) is 0.462. The van der Waals surface area contributed by atoms with Crippen molar-refractivity contribution in [3.8, 4) is 5.75 Å². The number of methoxy groups -OCH3 is 1. The Morgan fingerprint density at radius 3 is 2.81 bits per heavy atom. The van der Waals surface area contributed by atoms with E-state index in [1.165, 1.54) is 13.2 Å². The van der Waals surface area contributed by atoms with Crippen molar-refractivity contribution in [2.24, 2.45) is 11.7 Å². The summed E-state index contributed by atoms with van der Waals surface area (Å²) < 4.78 is 44.7. The number of nitrogens with two attached hydrogens (primary N) is 1. The van der Waals surface area contributed by atoms with Crippen LogP contribution in [0.2, 0.25) is 0 Å². The van der Waals surface area contributed by atoms with Gasteiger partial charge in [0, 0.05) is 13.1 Å². The fourth-order valence-electron chi connectivity index (χ4n) is 2.38. The second kappa shape index (κ2) is 5.98. The van der Waals surface area contributed by atoms with Gasteiger partial charge in [0.2, 0.25) is 15.9 Å². The summed E-state index contributed by atoms with van der Waals surface area (Å²) in [4.78, 5) is 11.0. The summed E-state index contributed by atoms with van der Waals surface area (Å²) in [5, 5.41) is 0. The Balaban J connectivity index is 2.38. The van der Waals surface area contributed by atoms with Crippen molar-refractivity contribution in [3.05, 3.63) is 24.0 Å². The first-order valence-electron chi connectivity index (χ1n) is 6.49. The lowest BCUT2D eigenvalue weighted by Crippen LogP contribution is -2.44. The summed E-state index contributed by atoms with van der Waals surface area (Å²) in [6, 6.07) is 3.31. The summed E-state index contributed by atoms with van der Waals surface area (Å²) in [6.45, 7) is 0.281. The first-order valence-corrected chi connectivity index (χ1v) is 7.93. The highest BCUT2D eigenvalue weighted by Gasteiger charge is 2.34. The molecule has 0 saturated carbocycles. The van der Waals surface area contributed by atoms with Crippen LogP contribution < -0.4 is 10.5 Å². The molecule has 0 spiro atoms. The van der Waals surface area contributed by atoms with Crippen molar-refractivity contribution in [2.45, 2.75) is 17.7 Å². The molecule has 0 aromatic heterocycles. The quantitative estimate of drug-likeness (QED) is 0.886. The first-order chi connectivity index (χ1) is 9.86. The number of ether oxygens (including phenoxy) is 1. The highest BCUT2D eigenvalue weighted by molar-refractivity contribution is 7.89. The molecule has 1 aromatic rings. The zero-order chi connectivity index (χ0) is 15.6. The monoisotopic (exact) mass is 316 g/mol. The molecule has 0 radical (unpaired) electrons. The normalized spacial score (nSPS) is 20.2. The van der Waals surface area contributed by atoms with E-state index >= 15 is 0 Å². The largest absolute Gasteiger partial charge is 0.495 e. The molecule has 1 saturated heterocycles. The zero-order valence-corrected chi connectivity index (χ0v) is 12.4. The van der Waals surface area contributed by atoms with Crippen LogP contribution in [0.15, 0.2) is 23.1 Å². The number of nitrogens with zero attached hydrogens (tertiary/aromatic N) is 1. The van der Waals surface area contributed by atoms with Gasteiger partial charge in [-0.1, -0.05) is 0 Å². The second-order valence-electron chi connectivity index (χ2n) is 4.90. The number of sulfonamides is 1. The van der Waals surface area contributed by atoms with Crippen LogP contribution in [0, 0.1) is 11.7 Å². The molecule has 8 heteroatoms. The number of rotatable bonds is 4. The van der Waals surface area contributed by atoms with E-state index in [0.717, 1.165) is 16.4 Å². The Kier molecular flexibility index (Phi) is 4.48. The van der Waals surface area contributed by atoms with E-state index in [4.69, 9.17) is 10.5 Å². The highest BCUT2D eigenvalue weighted by atomic mass is 32.2. The molecule has 1 amide bonds. The highest BCUT2D eigenvalue weighted by Crippen LogP contribution is 2.30. The van der Waals surface area contributed by atoms with Gasteiger partial charge in [0.25, 0.3) is 0 Å². The van der Waals surface area contributed by atoms with Crippen molar-refractivity contribution < 1.29 is 22.3 Å². The van der Waals surface area contributed by atoms with Crippen molar-refractivity contribution in [1.82, 2.24) is 4.31 Å². The standard InChI is InChI=1S/C13H17FN2O4S/c1-20-11-5-4-10(14)7-12(11)21(18,19)16-6-2-3-9(8-16)13(15)17/h4-5,7,9H,2-3,6,8H2,1H3,(H2,15,17). The van der Waals surface area contributed by atoms with Gasteiger partial charge in [0.1, 0.15) is 16.5 Å². The van der Waals surface area contributed by atoms with Gasteiger partial charge in [-0.05, 0) is 31.0 Å². The molecule has 1 aromatic carbocycles. The molecule has 2 rings (SSSR count). The summed E-state index contributed by atoms with van der Waals surface area (Å²) in [5.41, 5.74) is 5.25. The number of halogens is 1. The molecule has 1 fully saturated rings. The topological polar surface area (TPSA) is 89.7 Å². The van der Waals surface area contributed by atoms with Gasteiger partial charge >= 0.3 is 0 Å². The zero-order valence-electron chi connectivity index (χ0n) is 11.6. The van der Waals surface area contributed by atoms with Gasteiger partial charge in [-0.3, -0.25) is 4.79 Å². The molecular formula is C13H17FN2O4S. The van der Waals surface area contributed by atoms with E-state index in [1.54, 1.807) is 0 Å². The third-order valence-electron chi connectivity index (χ3n) is 3.53. The third kappa shape index (κ3) is 3.16. The smallest absolute Gasteiger partial charge is 0.246 e. The molecule has 1 atom stereocenters. The summed E-state index contributed by atoms with van der Waals surface area (Å²) in [6.07, 6.45) is 1.09. The molecule has 6 nitrogen and oxygen atoms in total. The van der Waals surface area contributed by atoms with Gasteiger partial charge in [-0.2, -0.15) is 4.31 Å². The van der Waals surface area contributed by atoms with Crippen LogP contribution >= 0.6 is 0 Å². The van der Waals surface area contributed by atoms with Crippen LogP contribution in [-0.4, -0.2) is 38.8 Å². The number of hydrogen-bond acceptors (Lipinski definition) is 4. The Morgan fingerprint density at radius 1 is 1.48 bits per heavy atom. The number of carbonyl (C=O) groups excluding carboxylic acids is 1. The van der Waals surface area contributed by atoms with E-state index in [9.17, 15) is 17.6 Å². The van der Waals surface area contributed by atoms with Crippen LogP contribution in [0.1, 0.15) is 12.8 Å². The molecule has 1 unspecified atom stereocenters. The lowest BCUT2D eigenvalue weighted by atomic mass is 9.99. The van der Waals surface area contributed by atoms with E-state index in [2.05, 4.69) is 0 Å². The van der Waals surface area contributed by atoms with Gasteiger partial charge in [0.15, 0.2) is 0 Å². The second-order valence-corrected chi connectivity index (χ2v) is 6.81. The molecule has 1 heterocycles. The van der Waals surface area contributed by atoms with Crippen molar-refractivity contribution in [2.75, 3.05) is 20.2 Å². The van der Waals surface area contributed by atoms with Crippen LogP contribution in [0.4, 0.5) is 4.39 Å². The molecule has 1 aliphatic heterocycles. The minimum atomic E-state index is -3.93. The number of hydrogen-bond donors (Lipinski definition) is 1. The Labute approximate surface area is 122 Å². The van der Waals surface area contributed by atoms with Gasteiger partial charge in [-0.25, -0.2) is 12.8 Å². The summed E-state index contributed by atoms with van der Waals surface area (Å²) >= 11 is 0. The lowest BCUT2D eigenvalue weighted by Gasteiger charge is -2.30. The van der Waals surface area contributed by atoms with Gasteiger partial charge in [0.05, 0.1) is 13.0 Å². The van der Waals surface area contributed by atoms with Crippen LogP contribution in [-0.2, 0) is 14.8 Å². The number of piperidine rings is 1. The predicted molar refractivity (Wildman–Crippen MR) is 73.6 cm³/mol. The molecule has 0 aliphatic carbocycles. The van der Waals surface area contributed by atoms with Gasteiger partial charge in [-0.15, -0.1) is 0 Å². The Bertz CT molecular complexity index is 648. The number of carbonyl (C=O) groups is 1. The molecular weight excluding hydrogens is 299 g/mol. The molecule has 0 bridgehead atoms. The Morgan fingerprint density at radius 2 is 2.19 bits per heavy atom. The number of primary amides is 1.